The second-order valence-corrected chi connectivity index (χ2v) is 4.79. The van der Waals surface area contributed by atoms with Crippen LogP contribution in [-0.4, -0.2) is 7.11 Å². The minimum Gasteiger partial charge on any atom is -0.495 e. The third-order valence-electron chi connectivity index (χ3n) is 1.94. The molecule has 0 atom stereocenters. The molecule has 4 heteroatoms. The molecule has 70 valence electrons. The molecule has 14 heavy (non-hydrogen) atoms. The van der Waals surface area contributed by atoms with E-state index in [2.05, 4.69) is 28.7 Å². The van der Waals surface area contributed by atoms with Gasteiger partial charge in [-0.15, -0.1) is 11.3 Å². The molecule has 0 amide bonds. The van der Waals surface area contributed by atoms with E-state index < -0.39 is 0 Å². The Bertz CT molecular complexity index is 527. The number of fused-ring (bicyclic) bond motifs is 1. The lowest BCUT2D eigenvalue weighted by molar-refractivity contribution is 0.420. The molecular weight excluding hydrogens is 309 g/mol. The highest BCUT2D eigenvalue weighted by atomic mass is 127. The molecule has 2 nitrogen and oxygen atoms in total. The SMILES string of the molecule is COc1cccc2c(I)c(C#N)sc12. The van der Waals surface area contributed by atoms with Crippen LogP contribution in [0.2, 0.25) is 0 Å². The molecule has 2 rings (SSSR count). The van der Waals surface area contributed by atoms with Gasteiger partial charge in [-0.2, -0.15) is 5.26 Å². The fraction of sp³-hybridized carbons (Fsp3) is 0.100. The van der Waals surface area contributed by atoms with Gasteiger partial charge < -0.3 is 4.74 Å². The Morgan fingerprint density at radius 2 is 2.29 bits per heavy atom. The first-order chi connectivity index (χ1) is 6.77. The summed E-state index contributed by atoms with van der Waals surface area (Å²) >= 11 is 3.68. The Morgan fingerprint density at radius 1 is 1.50 bits per heavy atom. The molecule has 0 aliphatic carbocycles. The summed E-state index contributed by atoms with van der Waals surface area (Å²) in [5, 5.41) is 10.0. The number of nitriles is 1. The second-order valence-electron chi connectivity index (χ2n) is 2.69. The number of thiophene rings is 1. The maximum Gasteiger partial charge on any atom is 0.136 e. The molecule has 1 aromatic carbocycles. The summed E-state index contributed by atoms with van der Waals surface area (Å²) in [5.41, 5.74) is 0. The van der Waals surface area contributed by atoms with Gasteiger partial charge in [-0.3, -0.25) is 0 Å². The predicted molar refractivity (Wildman–Crippen MR) is 65.8 cm³/mol. The van der Waals surface area contributed by atoms with Crippen molar-refractivity contribution in [2.75, 3.05) is 7.11 Å². The van der Waals surface area contributed by atoms with Gasteiger partial charge in [0.25, 0.3) is 0 Å². The molecule has 1 aromatic heterocycles. The third-order valence-corrected chi connectivity index (χ3v) is 4.55. The molecule has 0 saturated carbocycles. The zero-order valence-electron chi connectivity index (χ0n) is 7.37. The quantitative estimate of drug-likeness (QED) is 0.756. The molecule has 1 heterocycles. The van der Waals surface area contributed by atoms with Gasteiger partial charge in [0.1, 0.15) is 16.7 Å². The minimum atomic E-state index is 0.755. The van der Waals surface area contributed by atoms with Crippen LogP contribution in [0.5, 0.6) is 5.75 Å². The van der Waals surface area contributed by atoms with Crippen LogP contribution < -0.4 is 4.74 Å². The van der Waals surface area contributed by atoms with Crippen molar-refractivity contribution in [2.24, 2.45) is 0 Å². The van der Waals surface area contributed by atoms with Crippen molar-refractivity contribution in [1.29, 1.82) is 5.26 Å². The lowest BCUT2D eigenvalue weighted by atomic mass is 10.2. The topological polar surface area (TPSA) is 33.0 Å². The molecule has 2 aromatic rings. The van der Waals surface area contributed by atoms with Crippen molar-refractivity contribution in [3.63, 3.8) is 0 Å². The van der Waals surface area contributed by atoms with E-state index in [1.165, 1.54) is 11.3 Å². The summed E-state index contributed by atoms with van der Waals surface area (Å²) in [4.78, 5) is 0.755. The Balaban J connectivity index is 2.85. The smallest absolute Gasteiger partial charge is 0.136 e. The molecule has 0 spiro atoms. The van der Waals surface area contributed by atoms with Gasteiger partial charge in [0.15, 0.2) is 0 Å². The van der Waals surface area contributed by atoms with Crippen LogP contribution in [0.1, 0.15) is 4.88 Å². The maximum absolute atomic E-state index is 8.90. The summed E-state index contributed by atoms with van der Waals surface area (Å²) in [6.07, 6.45) is 0. The number of hydrogen-bond donors (Lipinski definition) is 0. The Hall–Kier alpha value is -0.800. The largest absolute Gasteiger partial charge is 0.495 e. The summed E-state index contributed by atoms with van der Waals surface area (Å²) < 4.78 is 7.31. The Morgan fingerprint density at radius 3 is 2.93 bits per heavy atom. The van der Waals surface area contributed by atoms with Gasteiger partial charge >= 0.3 is 0 Å². The van der Waals surface area contributed by atoms with Crippen LogP contribution in [0.3, 0.4) is 0 Å². The van der Waals surface area contributed by atoms with Crippen LogP contribution in [0.25, 0.3) is 10.1 Å². The molecule has 0 unspecified atom stereocenters. The molecule has 0 fully saturated rings. The molecular formula is C10H6INOS. The van der Waals surface area contributed by atoms with Crippen molar-refractivity contribution in [3.8, 4) is 11.8 Å². The minimum absolute atomic E-state index is 0.755. The number of benzene rings is 1. The standard InChI is InChI=1S/C10H6INOS/c1-13-7-4-2-3-6-9(11)8(5-12)14-10(6)7/h2-4H,1H3. The fourth-order valence-corrected chi connectivity index (χ4v) is 3.36. The Labute approximate surface area is 99.3 Å². The molecule has 0 aliphatic heterocycles. The van der Waals surface area contributed by atoms with Crippen molar-refractivity contribution in [1.82, 2.24) is 0 Å². The van der Waals surface area contributed by atoms with Crippen LogP contribution in [0.4, 0.5) is 0 Å². The van der Waals surface area contributed by atoms with E-state index in [4.69, 9.17) is 10.00 Å². The van der Waals surface area contributed by atoms with E-state index in [1.54, 1.807) is 7.11 Å². The lowest BCUT2D eigenvalue weighted by Crippen LogP contribution is -1.81. The van der Waals surface area contributed by atoms with Crippen molar-refractivity contribution >= 4 is 44.0 Å². The number of rotatable bonds is 1. The van der Waals surface area contributed by atoms with Gasteiger partial charge in [-0.25, -0.2) is 0 Å². The highest BCUT2D eigenvalue weighted by Gasteiger charge is 2.11. The van der Waals surface area contributed by atoms with E-state index in [9.17, 15) is 0 Å². The normalized spacial score (nSPS) is 10.1. The zero-order chi connectivity index (χ0) is 10.1. The van der Waals surface area contributed by atoms with Gasteiger partial charge in [0.2, 0.25) is 0 Å². The third kappa shape index (κ3) is 1.37. The second kappa shape index (κ2) is 3.75. The van der Waals surface area contributed by atoms with E-state index in [0.717, 1.165) is 24.3 Å². The highest BCUT2D eigenvalue weighted by Crippen LogP contribution is 2.37. The molecule has 0 aliphatic rings. The molecule has 0 radical (unpaired) electrons. The highest BCUT2D eigenvalue weighted by molar-refractivity contribution is 14.1. The number of methoxy groups -OCH3 is 1. The first kappa shape index (κ1) is 9.74. The van der Waals surface area contributed by atoms with Gasteiger partial charge in [-0.1, -0.05) is 12.1 Å². The van der Waals surface area contributed by atoms with Gasteiger partial charge in [0, 0.05) is 8.96 Å². The zero-order valence-corrected chi connectivity index (χ0v) is 10.3. The molecule has 0 bridgehead atoms. The maximum atomic E-state index is 8.90. The monoisotopic (exact) mass is 315 g/mol. The van der Waals surface area contributed by atoms with Crippen LogP contribution in [0, 0.1) is 14.9 Å². The molecule has 0 N–H and O–H groups in total. The average Bonchev–Trinajstić information content (AvgIpc) is 2.55. The molecule has 0 saturated heterocycles. The summed E-state index contributed by atoms with van der Waals surface area (Å²) in [7, 11) is 1.65. The van der Waals surface area contributed by atoms with Gasteiger partial charge in [0.05, 0.1) is 11.8 Å². The van der Waals surface area contributed by atoms with Gasteiger partial charge in [-0.05, 0) is 28.7 Å². The van der Waals surface area contributed by atoms with Crippen molar-refractivity contribution < 1.29 is 4.74 Å². The van der Waals surface area contributed by atoms with Crippen molar-refractivity contribution in [2.45, 2.75) is 0 Å². The number of ether oxygens (including phenoxy) is 1. The first-order valence-corrected chi connectivity index (χ1v) is 5.82. The summed E-state index contributed by atoms with van der Waals surface area (Å²) in [6, 6.07) is 8.06. The number of halogens is 1. The van der Waals surface area contributed by atoms with E-state index >= 15 is 0 Å². The van der Waals surface area contributed by atoms with Crippen LogP contribution in [-0.2, 0) is 0 Å². The van der Waals surface area contributed by atoms with E-state index in [0.29, 0.717) is 0 Å². The first-order valence-electron chi connectivity index (χ1n) is 3.93. The van der Waals surface area contributed by atoms with E-state index in [-0.39, 0.29) is 0 Å². The van der Waals surface area contributed by atoms with Crippen molar-refractivity contribution in [3.05, 3.63) is 26.6 Å². The van der Waals surface area contributed by atoms with E-state index in [1.807, 2.05) is 18.2 Å². The predicted octanol–water partition coefficient (Wildman–Crippen LogP) is 3.39. The van der Waals surface area contributed by atoms with Crippen LogP contribution >= 0.6 is 33.9 Å². The fourth-order valence-electron chi connectivity index (χ4n) is 1.30. The lowest BCUT2D eigenvalue weighted by Gasteiger charge is -1.99. The summed E-state index contributed by atoms with van der Waals surface area (Å²) in [5.74, 6) is 0.840. The average molecular weight is 315 g/mol. The Kier molecular flexibility index (Phi) is 2.61. The number of nitrogens with zero attached hydrogens (tertiary/aromatic N) is 1. The number of hydrogen-bond acceptors (Lipinski definition) is 3. The van der Waals surface area contributed by atoms with Crippen LogP contribution in [0.15, 0.2) is 18.2 Å². The summed E-state index contributed by atoms with van der Waals surface area (Å²) in [6.45, 7) is 0.